The molecule has 2 aromatic rings. The van der Waals surface area contributed by atoms with E-state index in [9.17, 15) is 5.26 Å². The summed E-state index contributed by atoms with van der Waals surface area (Å²) in [6.07, 6.45) is 0.617. The number of hydrogen-bond donors (Lipinski definition) is 1. The molecule has 1 saturated heterocycles. The van der Waals surface area contributed by atoms with Crippen molar-refractivity contribution in [2.75, 3.05) is 6.61 Å². The number of rotatable bonds is 0. The van der Waals surface area contributed by atoms with Crippen LogP contribution in [0.3, 0.4) is 0 Å². The van der Waals surface area contributed by atoms with E-state index in [0.29, 0.717) is 12.2 Å². The summed E-state index contributed by atoms with van der Waals surface area (Å²) in [4.78, 5) is 6.60. The molecule has 0 unspecified atom stereocenters. The van der Waals surface area contributed by atoms with Crippen LogP contribution in [0.4, 0.5) is 0 Å². The lowest BCUT2D eigenvalue weighted by Crippen LogP contribution is -2.40. The lowest BCUT2D eigenvalue weighted by molar-refractivity contribution is 0.101. The van der Waals surface area contributed by atoms with Gasteiger partial charge in [0.05, 0.1) is 21.8 Å². The first kappa shape index (κ1) is 14.5. The highest BCUT2D eigenvalue weighted by Gasteiger charge is 2.53. The number of aromatic nitrogens is 1. The van der Waals surface area contributed by atoms with E-state index in [1.165, 1.54) is 0 Å². The van der Waals surface area contributed by atoms with E-state index in [2.05, 4.69) is 11.1 Å². The highest BCUT2D eigenvalue weighted by atomic mass is 32.1. The molecule has 2 aromatic heterocycles. The number of hydrogen-bond acceptors (Lipinski definition) is 6. The number of thiophene rings is 1. The molecule has 118 valence electrons. The second kappa shape index (κ2) is 4.70. The van der Waals surface area contributed by atoms with Gasteiger partial charge in [0.25, 0.3) is 0 Å². The highest BCUT2D eigenvalue weighted by molar-refractivity contribution is 7.19. The molecule has 2 atom stereocenters. The smallest absolute Gasteiger partial charge is 0.205 e. The third-order valence-corrected chi connectivity index (χ3v) is 6.17. The standard InChI is InChI=1S/C17H17N3O2S/c1-8-6-9(2)20-16-12(8)13-14(23-16)17(4-5-21-10(17)3)11(7-18)15(19)22-13/h6,10H,4-5,19H2,1-3H3/t10-,17-/m0/s1. The van der Waals surface area contributed by atoms with Gasteiger partial charge in [-0.05, 0) is 38.8 Å². The minimum Gasteiger partial charge on any atom is -0.439 e. The van der Waals surface area contributed by atoms with E-state index < -0.39 is 5.41 Å². The SMILES string of the molecule is Cc1cc(C)c2c3c(sc2n1)[C@]1(CCO[C@H]1C)C(C#N)=C(N)O3. The average Bonchev–Trinajstić information content (AvgIpc) is 3.02. The second-order valence-electron chi connectivity index (χ2n) is 6.21. The van der Waals surface area contributed by atoms with Gasteiger partial charge in [-0.1, -0.05) is 0 Å². The van der Waals surface area contributed by atoms with Gasteiger partial charge in [-0.2, -0.15) is 5.26 Å². The summed E-state index contributed by atoms with van der Waals surface area (Å²) in [5.41, 5.74) is 8.16. The molecule has 1 fully saturated rings. The van der Waals surface area contributed by atoms with E-state index >= 15 is 0 Å². The van der Waals surface area contributed by atoms with Crippen LogP contribution in [-0.2, 0) is 10.2 Å². The number of aryl methyl sites for hydroxylation is 2. The zero-order valence-electron chi connectivity index (χ0n) is 13.3. The third-order valence-electron chi connectivity index (χ3n) is 4.92. The number of fused-ring (bicyclic) bond motifs is 4. The van der Waals surface area contributed by atoms with E-state index in [0.717, 1.165) is 38.5 Å². The van der Waals surface area contributed by atoms with Crippen molar-refractivity contribution in [2.45, 2.75) is 38.7 Å². The van der Waals surface area contributed by atoms with Gasteiger partial charge in [-0.25, -0.2) is 4.98 Å². The molecule has 0 bridgehead atoms. The summed E-state index contributed by atoms with van der Waals surface area (Å²) in [7, 11) is 0. The van der Waals surface area contributed by atoms with Crippen LogP contribution in [-0.4, -0.2) is 17.7 Å². The highest BCUT2D eigenvalue weighted by Crippen LogP contribution is 2.56. The van der Waals surface area contributed by atoms with E-state index in [4.69, 9.17) is 15.2 Å². The molecule has 2 aliphatic heterocycles. The molecular formula is C17H17N3O2S. The van der Waals surface area contributed by atoms with E-state index in [1.54, 1.807) is 11.3 Å². The summed E-state index contributed by atoms with van der Waals surface area (Å²) >= 11 is 1.59. The zero-order chi connectivity index (χ0) is 16.4. The molecule has 0 aliphatic carbocycles. The zero-order valence-corrected chi connectivity index (χ0v) is 14.1. The Labute approximate surface area is 138 Å². The van der Waals surface area contributed by atoms with Crippen LogP contribution in [0.2, 0.25) is 0 Å². The van der Waals surface area contributed by atoms with E-state index in [-0.39, 0.29) is 12.0 Å². The molecule has 4 rings (SSSR count). The maximum Gasteiger partial charge on any atom is 0.205 e. The van der Waals surface area contributed by atoms with Gasteiger partial charge in [-0.3, -0.25) is 0 Å². The largest absolute Gasteiger partial charge is 0.439 e. The van der Waals surface area contributed by atoms with Crippen LogP contribution in [0, 0.1) is 25.2 Å². The molecule has 4 heterocycles. The van der Waals surface area contributed by atoms with Crippen LogP contribution in [0.5, 0.6) is 5.75 Å². The van der Waals surface area contributed by atoms with Crippen LogP contribution in [0.15, 0.2) is 17.5 Å². The molecule has 0 saturated carbocycles. The molecule has 23 heavy (non-hydrogen) atoms. The average molecular weight is 327 g/mol. The van der Waals surface area contributed by atoms with Crippen molar-refractivity contribution < 1.29 is 9.47 Å². The number of nitrogens with zero attached hydrogens (tertiary/aromatic N) is 2. The van der Waals surface area contributed by atoms with Crippen molar-refractivity contribution in [2.24, 2.45) is 5.73 Å². The van der Waals surface area contributed by atoms with Crippen LogP contribution in [0.25, 0.3) is 10.2 Å². The minimum atomic E-state index is -0.516. The van der Waals surface area contributed by atoms with Crippen LogP contribution < -0.4 is 10.5 Å². The Hall–Kier alpha value is -2.10. The molecule has 6 heteroatoms. The fraction of sp³-hybridized carbons (Fsp3) is 0.412. The van der Waals surface area contributed by atoms with Crippen LogP contribution in [0.1, 0.15) is 29.5 Å². The molecule has 1 spiro atoms. The lowest BCUT2D eigenvalue weighted by Gasteiger charge is -2.35. The van der Waals surface area contributed by atoms with Crippen molar-refractivity contribution in [1.82, 2.24) is 4.98 Å². The van der Waals surface area contributed by atoms with Gasteiger partial charge in [0, 0.05) is 12.3 Å². The molecule has 2 N–H and O–H groups in total. The molecule has 5 nitrogen and oxygen atoms in total. The van der Waals surface area contributed by atoms with E-state index in [1.807, 2.05) is 26.8 Å². The van der Waals surface area contributed by atoms with Crippen molar-refractivity contribution in [3.8, 4) is 11.8 Å². The molecule has 2 aliphatic rings. The normalized spacial score (nSPS) is 26.4. The number of pyridine rings is 1. The molecule has 0 radical (unpaired) electrons. The molecular weight excluding hydrogens is 310 g/mol. The monoisotopic (exact) mass is 327 g/mol. The Balaban J connectivity index is 2.10. The Bertz CT molecular complexity index is 909. The number of ether oxygens (including phenoxy) is 2. The molecule has 0 amide bonds. The summed E-state index contributed by atoms with van der Waals surface area (Å²) < 4.78 is 11.7. The lowest BCUT2D eigenvalue weighted by atomic mass is 9.72. The van der Waals surface area contributed by atoms with Crippen LogP contribution >= 0.6 is 11.3 Å². The maximum atomic E-state index is 9.67. The van der Waals surface area contributed by atoms with Crippen molar-refractivity contribution in [1.29, 1.82) is 5.26 Å². The summed E-state index contributed by atoms with van der Waals surface area (Å²) in [6, 6.07) is 4.31. The summed E-state index contributed by atoms with van der Waals surface area (Å²) in [5, 5.41) is 10.7. The predicted molar refractivity (Wildman–Crippen MR) is 88.3 cm³/mol. The van der Waals surface area contributed by atoms with Crippen molar-refractivity contribution in [3.05, 3.63) is 33.7 Å². The maximum absolute atomic E-state index is 9.67. The van der Waals surface area contributed by atoms with Gasteiger partial charge < -0.3 is 15.2 Å². The number of nitriles is 1. The summed E-state index contributed by atoms with van der Waals surface area (Å²) in [6.45, 7) is 6.64. The summed E-state index contributed by atoms with van der Waals surface area (Å²) in [5.74, 6) is 0.945. The first-order valence-corrected chi connectivity index (χ1v) is 8.41. The van der Waals surface area contributed by atoms with Gasteiger partial charge in [0.15, 0.2) is 5.75 Å². The van der Waals surface area contributed by atoms with Crippen molar-refractivity contribution >= 4 is 21.6 Å². The minimum absolute atomic E-state index is 0.118. The quantitative estimate of drug-likeness (QED) is 0.804. The topological polar surface area (TPSA) is 81.2 Å². The first-order chi connectivity index (χ1) is 11.0. The Morgan fingerprint density at radius 3 is 2.91 bits per heavy atom. The molecule has 0 aromatic carbocycles. The van der Waals surface area contributed by atoms with Gasteiger partial charge in [0.2, 0.25) is 5.88 Å². The fourth-order valence-corrected chi connectivity index (χ4v) is 5.35. The van der Waals surface area contributed by atoms with Gasteiger partial charge in [0.1, 0.15) is 16.5 Å². The van der Waals surface area contributed by atoms with Gasteiger partial charge >= 0.3 is 0 Å². The third kappa shape index (κ3) is 1.72. The fourth-order valence-electron chi connectivity index (χ4n) is 3.82. The first-order valence-electron chi connectivity index (χ1n) is 7.60. The second-order valence-corrected chi connectivity index (χ2v) is 7.21. The van der Waals surface area contributed by atoms with Gasteiger partial charge in [-0.15, -0.1) is 11.3 Å². The number of nitrogens with two attached hydrogens (primary N) is 1. The Kier molecular flexibility index (Phi) is 2.96. The predicted octanol–water partition coefficient (Wildman–Crippen LogP) is 3.05. The Morgan fingerprint density at radius 2 is 2.26 bits per heavy atom. The van der Waals surface area contributed by atoms with Crippen molar-refractivity contribution in [3.63, 3.8) is 0 Å². The Morgan fingerprint density at radius 1 is 1.48 bits per heavy atom.